The highest BCUT2D eigenvalue weighted by atomic mass is 35.5. The van der Waals surface area contributed by atoms with Crippen LogP contribution in [0, 0.1) is 5.92 Å². The Morgan fingerprint density at radius 1 is 1.10 bits per heavy atom. The summed E-state index contributed by atoms with van der Waals surface area (Å²) in [6, 6.07) is 11.3. The number of aromatic nitrogens is 5. The predicted octanol–water partition coefficient (Wildman–Crippen LogP) is 5.00. The van der Waals surface area contributed by atoms with Gasteiger partial charge in [0.1, 0.15) is 5.52 Å². The summed E-state index contributed by atoms with van der Waals surface area (Å²) in [6.45, 7) is 1.29. The Morgan fingerprint density at radius 3 is 2.79 bits per heavy atom. The van der Waals surface area contributed by atoms with E-state index in [2.05, 4.69) is 30.7 Å². The van der Waals surface area contributed by atoms with E-state index in [1.807, 2.05) is 36.4 Å². The van der Waals surface area contributed by atoms with E-state index in [1.165, 1.54) is 11.3 Å². The Labute approximate surface area is 234 Å². The number of H-pyrrole nitrogens is 1. The van der Waals surface area contributed by atoms with Crippen LogP contribution in [0.15, 0.2) is 48.1 Å². The Hall–Kier alpha value is -4.16. The second kappa shape index (κ2) is 11.3. The van der Waals surface area contributed by atoms with Gasteiger partial charge in [0.05, 0.1) is 37.4 Å². The lowest BCUT2D eigenvalue weighted by Gasteiger charge is -2.32. The van der Waals surface area contributed by atoms with Crippen molar-refractivity contribution >= 4 is 74.0 Å². The molecule has 1 saturated heterocycles. The van der Waals surface area contributed by atoms with Crippen molar-refractivity contribution in [3.05, 3.63) is 48.1 Å². The average molecular weight is 567 g/mol. The van der Waals surface area contributed by atoms with Gasteiger partial charge in [-0.2, -0.15) is 15.1 Å². The minimum atomic E-state index is -0.191. The molecule has 2 aromatic carbocycles. The molecule has 0 aliphatic carbocycles. The number of anilines is 4. The molecule has 0 spiro atoms. The van der Waals surface area contributed by atoms with Gasteiger partial charge in [0, 0.05) is 35.9 Å². The largest absolute Gasteiger partial charge is 0.493 e. The van der Waals surface area contributed by atoms with E-state index in [0.29, 0.717) is 35.3 Å². The summed E-state index contributed by atoms with van der Waals surface area (Å²) >= 11 is 1.45. The number of aromatic amines is 1. The van der Waals surface area contributed by atoms with Crippen LogP contribution in [-0.4, -0.2) is 58.4 Å². The second-order valence-electron chi connectivity index (χ2n) is 9.02. The van der Waals surface area contributed by atoms with Gasteiger partial charge in [0.25, 0.3) is 0 Å². The third kappa shape index (κ3) is 5.38. The van der Waals surface area contributed by atoms with Gasteiger partial charge in [-0.3, -0.25) is 9.89 Å². The van der Waals surface area contributed by atoms with Crippen LogP contribution in [0.2, 0.25) is 0 Å². The third-order valence-corrected chi connectivity index (χ3v) is 7.34. The van der Waals surface area contributed by atoms with Crippen molar-refractivity contribution in [2.45, 2.75) is 12.8 Å². The number of amides is 1. The van der Waals surface area contributed by atoms with Crippen LogP contribution in [0.5, 0.6) is 11.5 Å². The molecule has 1 aliphatic heterocycles. The van der Waals surface area contributed by atoms with Gasteiger partial charge >= 0.3 is 0 Å². The lowest BCUT2D eigenvalue weighted by Crippen LogP contribution is -2.41. The number of halogens is 1. The first-order chi connectivity index (χ1) is 18.6. The Bertz CT molecular complexity index is 1620. The zero-order chi connectivity index (χ0) is 26.1. The number of hydrogen-bond acceptors (Lipinski definition) is 10. The second-order valence-corrected chi connectivity index (χ2v) is 9.85. The van der Waals surface area contributed by atoms with Crippen LogP contribution in [0.25, 0.3) is 21.3 Å². The average Bonchev–Trinajstić information content (AvgIpc) is 3.62. The number of nitrogens with zero attached hydrogens (tertiary/aromatic N) is 5. The first-order valence-electron chi connectivity index (χ1n) is 12.2. The Balaban J connectivity index is 0.00000308. The molecule has 4 heterocycles. The molecule has 11 nitrogen and oxygen atoms in total. The fourth-order valence-electron chi connectivity index (χ4n) is 4.66. The van der Waals surface area contributed by atoms with Crippen LogP contribution in [0.3, 0.4) is 0 Å². The minimum absolute atomic E-state index is 0. The maximum absolute atomic E-state index is 13.2. The van der Waals surface area contributed by atoms with Crippen LogP contribution in [0.1, 0.15) is 12.8 Å². The molecule has 1 amide bonds. The predicted molar refractivity (Wildman–Crippen MR) is 155 cm³/mol. The van der Waals surface area contributed by atoms with Crippen LogP contribution in [-0.2, 0) is 4.79 Å². The number of carbonyl (C=O) groups is 1. The van der Waals surface area contributed by atoms with E-state index in [-0.39, 0.29) is 24.2 Å². The molecule has 1 unspecified atom stereocenters. The summed E-state index contributed by atoms with van der Waals surface area (Å²) in [5.41, 5.74) is 4.86. The quantitative estimate of drug-likeness (QED) is 0.249. The van der Waals surface area contributed by atoms with E-state index >= 15 is 0 Å². The van der Waals surface area contributed by atoms with E-state index in [4.69, 9.17) is 19.4 Å². The molecule has 0 bridgehead atoms. The molecular weight excluding hydrogens is 540 g/mol. The molecule has 1 fully saturated rings. The number of fused-ring (bicyclic) bond motifs is 2. The zero-order valence-electron chi connectivity index (χ0n) is 21.3. The molecule has 3 aromatic heterocycles. The molecule has 0 radical (unpaired) electrons. The number of thiazole rings is 1. The van der Waals surface area contributed by atoms with Crippen molar-refractivity contribution in [2.75, 3.05) is 42.8 Å². The summed E-state index contributed by atoms with van der Waals surface area (Å²) in [5.74, 6) is 2.21. The Morgan fingerprint density at radius 2 is 1.95 bits per heavy atom. The number of hydrogen-bond donors (Lipinski definition) is 3. The molecule has 39 heavy (non-hydrogen) atoms. The van der Waals surface area contributed by atoms with E-state index in [1.54, 1.807) is 25.9 Å². The summed E-state index contributed by atoms with van der Waals surface area (Å²) in [4.78, 5) is 30.1. The molecule has 0 saturated carbocycles. The first-order valence-corrected chi connectivity index (χ1v) is 13.1. The van der Waals surface area contributed by atoms with Crippen molar-refractivity contribution in [3.8, 4) is 11.5 Å². The highest BCUT2D eigenvalue weighted by Gasteiger charge is 2.28. The molecule has 202 valence electrons. The number of methoxy groups -OCH3 is 2. The molecule has 13 heteroatoms. The van der Waals surface area contributed by atoms with Gasteiger partial charge in [-0.05, 0) is 43.2 Å². The number of rotatable bonds is 7. The lowest BCUT2D eigenvalue weighted by molar-refractivity contribution is -0.120. The van der Waals surface area contributed by atoms with Crippen molar-refractivity contribution < 1.29 is 14.3 Å². The van der Waals surface area contributed by atoms with Crippen molar-refractivity contribution in [1.29, 1.82) is 0 Å². The SMILES string of the molecule is COc1ccc(Nc2nc(N3CCCC(C(=O)Nc4ccc5cn[nH]c5c4)C3)nc3scnc23)cc1OC.Cl. The lowest BCUT2D eigenvalue weighted by atomic mass is 9.97. The van der Waals surface area contributed by atoms with Gasteiger partial charge in [0.15, 0.2) is 22.1 Å². The minimum Gasteiger partial charge on any atom is -0.493 e. The number of carbonyl (C=O) groups excluding carboxylic acids is 1. The molecule has 3 N–H and O–H groups in total. The van der Waals surface area contributed by atoms with Gasteiger partial charge in [-0.1, -0.05) is 0 Å². The van der Waals surface area contributed by atoms with Gasteiger partial charge in [-0.15, -0.1) is 23.7 Å². The highest BCUT2D eigenvalue weighted by molar-refractivity contribution is 7.16. The van der Waals surface area contributed by atoms with E-state index in [0.717, 1.165) is 46.5 Å². The number of ether oxygens (including phenoxy) is 2. The molecule has 5 aromatic rings. The number of benzene rings is 2. The highest BCUT2D eigenvalue weighted by Crippen LogP contribution is 2.34. The van der Waals surface area contributed by atoms with Crippen molar-refractivity contribution in [2.24, 2.45) is 5.92 Å². The van der Waals surface area contributed by atoms with Crippen LogP contribution < -0.4 is 25.0 Å². The standard InChI is InChI=1S/C26H26N8O3S.ClH/c1-36-20-8-7-18(11-21(20)37-2)29-23-22-25(38-14-27-22)32-26(31-23)34-9-3-4-16(13-34)24(35)30-17-6-5-15-12-28-33-19(15)10-17;/h5-8,10-12,14,16H,3-4,9,13H2,1-2H3,(H,28,33)(H,30,35)(H,29,31,32);1H. The van der Waals surface area contributed by atoms with Crippen LogP contribution >= 0.6 is 23.7 Å². The summed E-state index contributed by atoms with van der Waals surface area (Å²) < 4.78 is 10.8. The summed E-state index contributed by atoms with van der Waals surface area (Å²) in [5, 5.41) is 14.4. The number of nitrogens with one attached hydrogen (secondary N) is 3. The fourth-order valence-corrected chi connectivity index (χ4v) is 5.32. The zero-order valence-corrected chi connectivity index (χ0v) is 22.9. The van der Waals surface area contributed by atoms with Gasteiger partial charge in [0.2, 0.25) is 11.9 Å². The summed E-state index contributed by atoms with van der Waals surface area (Å²) in [7, 11) is 3.20. The number of piperidine rings is 1. The molecule has 6 rings (SSSR count). The monoisotopic (exact) mass is 566 g/mol. The molecule has 1 atom stereocenters. The van der Waals surface area contributed by atoms with Crippen molar-refractivity contribution in [3.63, 3.8) is 0 Å². The maximum atomic E-state index is 13.2. The maximum Gasteiger partial charge on any atom is 0.229 e. The fraction of sp³-hybridized carbons (Fsp3) is 0.269. The topological polar surface area (TPSA) is 130 Å². The van der Waals surface area contributed by atoms with Gasteiger partial charge in [-0.25, -0.2) is 4.98 Å². The molecule has 1 aliphatic rings. The Kier molecular flexibility index (Phi) is 7.66. The normalized spacial score (nSPS) is 15.1. The van der Waals surface area contributed by atoms with E-state index in [9.17, 15) is 4.79 Å². The summed E-state index contributed by atoms with van der Waals surface area (Å²) in [6.07, 6.45) is 3.42. The first kappa shape index (κ1) is 26.4. The smallest absolute Gasteiger partial charge is 0.229 e. The molecular formula is C26H27ClN8O3S. The van der Waals surface area contributed by atoms with E-state index < -0.39 is 0 Å². The van der Waals surface area contributed by atoms with Crippen LogP contribution in [0.4, 0.5) is 23.1 Å². The van der Waals surface area contributed by atoms with Crippen molar-refractivity contribution in [1.82, 2.24) is 25.1 Å². The third-order valence-electron chi connectivity index (χ3n) is 6.62. The van der Waals surface area contributed by atoms with Gasteiger partial charge < -0.3 is 25.0 Å².